The SMILES string of the molecule is N#Cc1[nH]c(=O)c2ccc(C(F)(F)F)cc2c1-c1ccccc1. The molecule has 0 radical (unpaired) electrons. The highest BCUT2D eigenvalue weighted by Gasteiger charge is 2.31. The lowest BCUT2D eigenvalue weighted by atomic mass is 9.96. The molecular weight excluding hydrogens is 305 g/mol. The molecule has 0 aliphatic carbocycles. The van der Waals surface area contributed by atoms with Gasteiger partial charge in [0.2, 0.25) is 0 Å². The second-order valence-corrected chi connectivity index (χ2v) is 4.94. The molecule has 3 aromatic rings. The smallest absolute Gasteiger partial charge is 0.313 e. The fourth-order valence-corrected chi connectivity index (χ4v) is 2.49. The maximum Gasteiger partial charge on any atom is 0.416 e. The largest absolute Gasteiger partial charge is 0.416 e. The number of nitrogens with zero attached hydrogens (tertiary/aromatic N) is 1. The normalized spacial score (nSPS) is 11.4. The summed E-state index contributed by atoms with van der Waals surface area (Å²) in [5, 5.41) is 9.46. The van der Waals surface area contributed by atoms with Gasteiger partial charge in [-0.05, 0) is 29.1 Å². The van der Waals surface area contributed by atoms with Crippen molar-refractivity contribution in [3.63, 3.8) is 0 Å². The highest BCUT2D eigenvalue weighted by Crippen LogP contribution is 2.35. The molecule has 0 unspecified atom stereocenters. The van der Waals surface area contributed by atoms with Crippen LogP contribution in [0.1, 0.15) is 11.3 Å². The molecule has 0 amide bonds. The first-order valence-electron chi connectivity index (χ1n) is 6.64. The van der Waals surface area contributed by atoms with Crippen LogP contribution in [0.2, 0.25) is 0 Å². The van der Waals surface area contributed by atoms with Crippen molar-refractivity contribution >= 4 is 10.8 Å². The quantitative estimate of drug-likeness (QED) is 0.735. The molecule has 0 atom stereocenters. The number of alkyl halides is 3. The first-order chi connectivity index (χ1) is 10.9. The number of fused-ring (bicyclic) bond motifs is 1. The number of benzene rings is 2. The van der Waals surface area contributed by atoms with E-state index in [1.165, 1.54) is 0 Å². The van der Waals surface area contributed by atoms with Crippen molar-refractivity contribution in [2.24, 2.45) is 0 Å². The molecule has 1 aromatic heterocycles. The molecule has 3 rings (SSSR count). The van der Waals surface area contributed by atoms with E-state index in [2.05, 4.69) is 4.98 Å². The van der Waals surface area contributed by atoms with Crippen LogP contribution in [0.4, 0.5) is 13.2 Å². The third-order valence-corrected chi connectivity index (χ3v) is 3.52. The molecule has 0 saturated heterocycles. The molecule has 1 N–H and O–H groups in total. The standard InChI is InChI=1S/C17H9F3N2O/c18-17(19,20)11-6-7-12-13(8-11)15(10-4-2-1-3-5-10)14(9-21)22-16(12)23/h1-8H,(H,22,23). The van der Waals surface area contributed by atoms with Gasteiger partial charge in [-0.1, -0.05) is 30.3 Å². The lowest BCUT2D eigenvalue weighted by molar-refractivity contribution is -0.137. The van der Waals surface area contributed by atoms with Crippen molar-refractivity contribution in [3.8, 4) is 17.2 Å². The monoisotopic (exact) mass is 314 g/mol. The van der Waals surface area contributed by atoms with Crippen LogP contribution in [0, 0.1) is 11.3 Å². The number of pyridine rings is 1. The van der Waals surface area contributed by atoms with Crippen molar-refractivity contribution < 1.29 is 13.2 Å². The van der Waals surface area contributed by atoms with Crippen LogP contribution in [0.25, 0.3) is 21.9 Å². The van der Waals surface area contributed by atoms with E-state index in [1.807, 2.05) is 6.07 Å². The van der Waals surface area contributed by atoms with E-state index in [-0.39, 0.29) is 22.0 Å². The van der Waals surface area contributed by atoms with E-state index in [0.29, 0.717) is 5.56 Å². The maximum atomic E-state index is 13.0. The van der Waals surface area contributed by atoms with Crippen molar-refractivity contribution in [2.45, 2.75) is 6.18 Å². The summed E-state index contributed by atoms with van der Waals surface area (Å²) >= 11 is 0. The molecule has 2 aromatic carbocycles. The van der Waals surface area contributed by atoms with Gasteiger partial charge in [-0.15, -0.1) is 0 Å². The zero-order valence-corrected chi connectivity index (χ0v) is 11.6. The Kier molecular flexibility index (Phi) is 3.41. The van der Waals surface area contributed by atoms with Gasteiger partial charge in [0.1, 0.15) is 11.8 Å². The Morgan fingerprint density at radius 3 is 2.30 bits per heavy atom. The second-order valence-electron chi connectivity index (χ2n) is 4.94. The number of hydrogen-bond donors (Lipinski definition) is 1. The van der Waals surface area contributed by atoms with Gasteiger partial charge in [0, 0.05) is 10.9 Å². The summed E-state index contributed by atoms with van der Waals surface area (Å²) in [5.74, 6) is 0. The number of aromatic nitrogens is 1. The van der Waals surface area contributed by atoms with E-state index in [4.69, 9.17) is 0 Å². The fourth-order valence-electron chi connectivity index (χ4n) is 2.49. The number of H-pyrrole nitrogens is 1. The van der Waals surface area contributed by atoms with Gasteiger partial charge < -0.3 is 4.98 Å². The first kappa shape index (κ1) is 14.9. The molecule has 0 aliphatic heterocycles. The van der Waals surface area contributed by atoms with Crippen LogP contribution >= 0.6 is 0 Å². The molecule has 0 spiro atoms. The Bertz CT molecular complexity index is 983. The zero-order chi connectivity index (χ0) is 16.6. The Hall–Kier alpha value is -3.07. The number of aromatic amines is 1. The average molecular weight is 314 g/mol. The summed E-state index contributed by atoms with van der Waals surface area (Å²) in [5.41, 5.74) is -0.673. The molecule has 0 fully saturated rings. The first-order valence-corrected chi connectivity index (χ1v) is 6.64. The minimum absolute atomic E-state index is 0.0620. The summed E-state index contributed by atoms with van der Waals surface area (Å²) in [6.07, 6.45) is -4.53. The molecule has 23 heavy (non-hydrogen) atoms. The van der Waals surface area contributed by atoms with Gasteiger partial charge >= 0.3 is 6.18 Å². The van der Waals surface area contributed by atoms with E-state index >= 15 is 0 Å². The predicted molar refractivity (Wildman–Crippen MR) is 79.7 cm³/mol. The van der Waals surface area contributed by atoms with Gasteiger partial charge in [0.05, 0.1) is 5.56 Å². The van der Waals surface area contributed by atoms with Crippen LogP contribution in [-0.4, -0.2) is 4.98 Å². The third-order valence-electron chi connectivity index (χ3n) is 3.52. The summed E-state index contributed by atoms with van der Waals surface area (Å²) in [7, 11) is 0. The van der Waals surface area contributed by atoms with E-state index in [1.54, 1.807) is 30.3 Å². The fraction of sp³-hybridized carbons (Fsp3) is 0.0588. The lowest BCUT2D eigenvalue weighted by Gasteiger charge is -2.12. The van der Waals surface area contributed by atoms with Gasteiger partial charge in [-0.2, -0.15) is 18.4 Å². The minimum Gasteiger partial charge on any atom is -0.313 e. The van der Waals surface area contributed by atoms with E-state index in [9.17, 15) is 23.2 Å². The van der Waals surface area contributed by atoms with Gasteiger partial charge in [-0.3, -0.25) is 4.79 Å². The Labute approximate surface area is 128 Å². The zero-order valence-electron chi connectivity index (χ0n) is 11.6. The number of halogens is 3. The van der Waals surface area contributed by atoms with E-state index < -0.39 is 17.3 Å². The number of hydrogen-bond acceptors (Lipinski definition) is 2. The van der Waals surface area contributed by atoms with Crippen LogP contribution in [-0.2, 0) is 6.18 Å². The summed E-state index contributed by atoms with van der Waals surface area (Å²) in [4.78, 5) is 14.4. The maximum absolute atomic E-state index is 13.0. The molecule has 6 heteroatoms. The molecule has 1 heterocycles. The molecule has 114 valence electrons. The lowest BCUT2D eigenvalue weighted by Crippen LogP contribution is -2.12. The average Bonchev–Trinajstić information content (AvgIpc) is 2.54. The van der Waals surface area contributed by atoms with Crippen molar-refractivity contribution in [1.29, 1.82) is 5.26 Å². The van der Waals surface area contributed by atoms with Gasteiger partial charge in [0.15, 0.2) is 0 Å². The van der Waals surface area contributed by atoms with Gasteiger partial charge in [-0.25, -0.2) is 0 Å². The Balaban J connectivity index is 2.47. The topological polar surface area (TPSA) is 56.6 Å². The number of nitrogens with one attached hydrogen (secondary N) is 1. The Morgan fingerprint density at radius 2 is 1.70 bits per heavy atom. The molecule has 0 aliphatic rings. The van der Waals surface area contributed by atoms with Crippen molar-refractivity contribution in [3.05, 3.63) is 70.1 Å². The summed E-state index contributed by atoms with van der Waals surface area (Å²) in [6.45, 7) is 0. The van der Waals surface area contributed by atoms with Gasteiger partial charge in [0.25, 0.3) is 5.56 Å². The molecule has 0 bridgehead atoms. The van der Waals surface area contributed by atoms with Crippen LogP contribution in [0.15, 0.2) is 53.3 Å². The summed E-state index contributed by atoms with van der Waals surface area (Å²) < 4.78 is 38.9. The van der Waals surface area contributed by atoms with Crippen LogP contribution in [0.5, 0.6) is 0 Å². The highest BCUT2D eigenvalue weighted by molar-refractivity contribution is 5.98. The van der Waals surface area contributed by atoms with Crippen molar-refractivity contribution in [1.82, 2.24) is 4.98 Å². The summed E-state index contributed by atoms with van der Waals surface area (Å²) in [6, 6.07) is 13.3. The van der Waals surface area contributed by atoms with E-state index in [0.717, 1.165) is 18.2 Å². The minimum atomic E-state index is -4.53. The van der Waals surface area contributed by atoms with Crippen LogP contribution < -0.4 is 5.56 Å². The van der Waals surface area contributed by atoms with Crippen LogP contribution in [0.3, 0.4) is 0 Å². The predicted octanol–water partition coefficient (Wildman–Crippen LogP) is 4.09. The number of nitriles is 1. The van der Waals surface area contributed by atoms with Crippen molar-refractivity contribution in [2.75, 3.05) is 0 Å². The highest BCUT2D eigenvalue weighted by atomic mass is 19.4. The molecular formula is C17H9F3N2O. The molecule has 0 saturated carbocycles. The Morgan fingerprint density at radius 1 is 1.00 bits per heavy atom. The third kappa shape index (κ3) is 2.57. The second kappa shape index (κ2) is 5.29. The number of rotatable bonds is 1. The molecule has 3 nitrogen and oxygen atoms in total.